The fraction of sp³-hybridized carbons (Fsp3) is 0.467. The number of hydrogen-bond acceptors (Lipinski definition) is 2. The number of amides is 1. The number of carboxylic acids is 1. The van der Waals surface area contributed by atoms with Gasteiger partial charge in [-0.15, -0.1) is 0 Å². The Morgan fingerprint density at radius 3 is 2.42 bits per heavy atom. The summed E-state index contributed by atoms with van der Waals surface area (Å²) in [4.78, 5) is 22.7. The van der Waals surface area contributed by atoms with E-state index in [1.54, 1.807) is 0 Å². The predicted molar refractivity (Wildman–Crippen MR) is 73.9 cm³/mol. The van der Waals surface area contributed by atoms with Crippen LogP contribution >= 0.6 is 0 Å². The first-order valence-corrected chi connectivity index (χ1v) is 6.60. The molecule has 0 bridgehead atoms. The van der Waals surface area contributed by atoms with Crippen LogP contribution in [0.3, 0.4) is 0 Å². The summed E-state index contributed by atoms with van der Waals surface area (Å²) in [7, 11) is 0. The van der Waals surface area contributed by atoms with Crippen LogP contribution in [-0.2, 0) is 9.59 Å². The number of carboxylic acid groups (broad SMARTS) is 1. The van der Waals surface area contributed by atoms with Crippen LogP contribution in [-0.4, -0.2) is 23.5 Å². The lowest BCUT2D eigenvalue weighted by Gasteiger charge is -2.22. The lowest BCUT2D eigenvalue weighted by atomic mass is 9.85. The number of carbonyl (C=O) groups is 2. The van der Waals surface area contributed by atoms with Gasteiger partial charge in [-0.1, -0.05) is 50.6 Å². The molecule has 0 saturated carbocycles. The van der Waals surface area contributed by atoms with Gasteiger partial charge in [0.05, 0.1) is 12.3 Å². The van der Waals surface area contributed by atoms with Crippen LogP contribution in [0.5, 0.6) is 0 Å². The maximum Gasteiger partial charge on any atom is 0.305 e. The van der Waals surface area contributed by atoms with Crippen molar-refractivity contribution in [3.63, 3.8) is 0 Å². The topological polar surface area (TPSA) is 66.4 Å². The average molecular weight is 263 g/mol. The minimum Gasteiger partial charge on any atom is -0.481 e. The van der Waals surface area contributed by atoms with Crippen LogP contribution < -0.4 is 5.32 Å². The van der Waals surface area contributed by atoms with Crippen LogP contribution in [0.25, 0.3) is 0 Å². The Balaban J connectivity index is 2.75. The van der Waals surface area contributed by atoms with Gasteiger partial charge in [-0.25, -0.2) is 0 Å². The van der Waals surface area contributed by atoms with Crippen molar-refractivity contribution >= 4 is 11.9 Å². The van der Waals surface area contributed by atoms with Gasteiger partial charge < -0.3 is 10.4 Å². The molecule has 0 spiro atoms. The molecule has 1 amide bonds. The summed E-state index contributed by atoms with van der Waals surface area (Å²) < 4.78 is 0. The summed E-state index contributed by atoms with van der Waals surface area (Å²) in [5.41, 5.74) is 0.977. The molecule has 2 unspecified atom stereocenters. The number of benzene rings is 1. The molecule has 1 aromatic rings. The van der Waals surface area contributed by atoms with E-state index in [0.29, 0.717) is 0 Å². The fourth-order valence-corrected chi connectivity index (χ4v) is 2.04. The Morgan fingerprint density at radius 1 is 1.26 bits per heavy atom. The molecule has 1 aromatic carbocycles. The van der Waals surface area contributed by atoms with Crippen LogP contribution in [0.4, 0.5) is 0 Å². The minimum atomic E-state index is -0.903. The van der Waals surface area contributed by atoms with Crippen LogP contribution in [0, 0.1) is 5.92 Å². The van der Waals surface area contributed by atoms with Crippen molar-refractivity contribution in [2.24, 2.45) is 5.92 Å². The van der Waals surface area contributed by atoms with Crippen molar-refractivity contribution in [3.05, 3.63) is 35.9 Å². The normalized spacial score (nSPS) is 13.6. The van der Waals surface area contributed by atoms with Gasteiger partial charge in [0.15, 0.2) is 0 Å². The van der Waals surface area contributed by atoms with Gasteiger partial charge in [-0.3, -0.25) is 9.59 Å². The predicted octanol–water partition coefficient (Wildman–Crippen LogP) is 2.41. The first-order chi connectivity index (χ1) is 9.06. The van der Waals surface area contributed by atoms with Gasteiger partial charge in [0.1, 0.15) is 0 Å². The highest BCUT2D eigenvalue weighted by atomic mass is 16.4. The minimum absolute atomic E-state index is 0.0479. The summed E-state index contributed by atoms with van der Waals surface area (Å²) in [5.74, 6) is -1.01. The summed E-state index contributed by atoms with van der Waals surface area (Å²) in [6.07, 6.45) is 0.847. The number of nitrogens with one attached hydrogen (secondary N) is 1. The second kappa shape index (κ2) is 7.56. The molecule has 4 heteroatoms. The zero-order valence-corrected chi connectivity index (χ0v) is 11.4. The number of rotatable bonds is 7. The first-order valence-electron chi connectivity index (χ1n) is 6.60. The highest BCUT2D eigenvalue weighted by Crippen LogP contribution is 2.26. The number of hydrogen-bond donors (Lipinski definition) is 2. The molecule has 19 heavy (non-hydrogen) atoms. The molecular formula is C15H21NO3. The fourth-order valence-electron chi connectivity index (χ4n) is 2.04. The highest BCUT2D eigenvalue weighted by molar-refractivity contribution is 5.84. The summed E-state index contributed by atoms with van der Waals surface area (Å²) >= 11 is 0. The van der Waals surface area contributed by atoms with E-state index in [4.69, 9.17) is 5.11 Å². The smallest absolute Gasteiger partial charge is 0.305 e. The Labute approximate surface area is 113 Å². The molecule has 2 N–H and O–H groups in total. The number of carbonyl (C=O) groups excluding carboxylic acids is 1. The van der Waals surface area contributed by atoms with Gasteiger partial charge in [-0.05, 0) is 11.5 Å². The summed E-state index contributed by atoms with van der Waals surface area (Å²) in [6, 6.07) is 9.62. The van der Waals surface area contributed by atoms with Crippen molar-refractivity contribution < 1.29 is 14.7 Å². The van der Waals surface area contributed by atoms with E-state index in [1.807, 2.05) is 44.2 Å². The molecule has 0 heterocycles. The summed E-state index contributed by atoms with van der Waals surface area (Å²) in [6.45, 7) is 4.26. The lowest BCUT2D eigenvalue weighted by molar-refractivity contribution is -0.137. The molecule has 0 aliphatic carbocycles. The van der Waals surface area contributed by atoms with Gasteiger partial charge in [-0.2, -0.15) is 0 Å². The van der Waals surface area contributed by atoms with Gasteiger partial charge in [0, 0.05) is 6.54 Å². The maximum atomic E-state index is 12.2. The third-order valence-electron chi connectivity index (χ3n) is 3.29. The van der Waals surface area contributed by atoms with Crippen molar-refractivity contribution in [2.75, 3.05) is 6.54 Å². The Hall–Kier alpha value is -1.84. The first kappa shape index (κ1) is 15.2. The maximum absolute atomic E-state index is 12.2. The molecule has 0 fully saturated rings. The van der Waals surface area contributed by atoms with Crippen LogP contribution in [0.15, 0.2) is 30.3 Å². The van der Waals surface area contributed by atoms with Crippen LogP contribution in [0.1, 0.15) is 38.2 Å². The molecular weight excluding hydrogens is 242 g/mol. The molecule has 0 saturated heterocycles. The highest BCUT2D eigenvalue weighted by Gasteiger charge is 2.25. The summed E-state index contributed by atoms with van der Waals surface area (Å²) in [5, 5.41) is 11.3. The van der Waals surface area contributed by atoms with E-state index in [-0.39, 0.29) is 30.7 Å². The molecule has 104 valence electrons. The van der Waals surface area contributed by atoms with Gasteiger partial charge in [0.2, 0.25) is 5.91 Å². The van der Waals surface area contributed by atoms with Crippen molar-refractivity contribution in [3.8, 4) is 0 Å². The van der Waals surface area contributed by atoms with Gasteiger partial charge >= 0.3 is 5.97 Å². The molecule has 0 radical (unpaired) electrons. The van der Waals surface area contributed by atoms with E-state index >= 15 is 0 Å². The Kier molecular flexibility index (Phi) is 6.06. The largest absolute Gasteiger partial charge is 0.481 e. The van der Waals surface area contributed by atoms with E-state index in [1.165, 1.54) is 0 Å². The third-order valence-corrected chi connectivity index (χ3v) is 3.29. The van der Waals surface area contributed by atoms with Crippen molar-refractivity contribution in [1.82, 2.24) is 5.32 Å². The van der Waals surface area contributed by atoms with Crippen LogP contribution in [0.2, 0.25) is 0 Å². The molecule has 4 nitrogen and oxygen atoms in total. The molecule has 0 aliphatic heterocycles. The van der Waals surface area contributed by atoms with E-state index < -0.39 is 5.97 Å². The van der Waals surface area contributed by atoms with Crippen molar-refractivity contribution in [1.29, 1.82) is 0 Å². The quantitative estimate of drug-likeness (QED) is 0.794. The Morgan fingerprint density at radius 2 is 1.89 bits per heavy atom. The molecule has 2 atom stereocenters. The molecule has 1 rings (SSSR count). The third kappa shape index (κ3) is 4.73. The second-order valence-electron chi connectivity index (χ2n) is 4.71. The zero-order chi connectivity index (χ0) is 14.3. The molecule has 0 aromatic heterocycles. The molecule has 0 aliphatic rings. The standard InChI is InChI=1S/C15H21NO3/c1-3-11(2)14(12-7-5-4-6-8-12)15(19)16-10-9-13(17)18/h4-8,11,14H,3,9-10H2,1-2H3,(H,16,19)(H,17,18). The van der Waals surface area contributed by atoms with Crippen molar-refractivity contribution in [2.45, 2.75) is 32.6 Å². The lowest BCUT2D eigenvalue weighted by Crippen LogP contribution is -2.34. The van der Waals surface area contributed by atoms with E-state index in [9.17, 15) is 9.59 Å². The Bertz CT molecular complexity index is 417. The van der Waals surface area contributed by atoms with E-state index in [0.717, 1.165) is 12.0 Å². The van der Waals surface area contributed by atoms with E-state index in [2.05, 4.69) is 5.32 Å². The average Bonchev–Trinajstić information content (AvgIpc) is 2.39. The monoisotopic (exact) mass is 263 g/mol. The zero-order valence-electron chi connectivity index (χ0n) is 11.4. The number of aliphatic carboxylic acids is 1. The second-order valence-corrected chi connectivity index (χ2v) is 4.71. The SMILES string of the molecule is CCC(C)C(C(=O)NCCC(=O)O)c1ccccc1. The van der Waals surface area contributed by atoms with Gasteiger partial charge in [0.25, 0.3) is 0 Å².